The number of hydrogen-bond acceptors (Lipinski definition) is 5. The van der Waals surface area contributed by atoms with Crippen LogP contribution in [0.1, 0.15) is 12.0 Å². The molecule has 0 amide bonds. The lowest BCUT2D eigenvalue weighted by Gasteiger charge is -2.14. The summed E-state index contributed by atoms with van der Waals surface area (Å²) in [5.41, 5.74) is 1.23. The summed E-state index contributed by atoms with van der Waals surface area (Å²) >= 11 is 0. The molecule has 112 valence electrons. The van der Waals surface area contributed by atoms with E-state index in [1.54, 1.807) is 0 Å². The number of sulfone groups is 1. The molecule has 0 aliphatic carbocycles. The molecule has 0 spiro atoms. The van der Waals surface area contributed by atoms with Crippen molar-refractivity contribution in [1.29, 1.82) is 0 Å². The number of rotatable bonds is 7. The van der Waals surface area contributed by atoms with Crippen molar-refractivity contribution >= 4 is 9.84 Å². The van der Waals surface area contributed by atoms with Gasteiger partial charge in [-0.1, -0.05) is 30.3 Å². The minimum atomic E-state index is -3.12. The monoisotopic (exact) mass is 299 g/mol. The third-order valence-corrected chi connectivity index (χ3v) is 4.96. The molecule has 1 aliphatic heterocycles. The number of aliphatic hydroxyl groups excluding tert-OH is 1. The van der Waals surface area contributed by atoms with Gasteiger partial charge < -0.3 is 15.2 Å². The van der Waals surface area contributed by atoms with E-state index in [1.807, 2.05) is 18.2 Å². The standard InChI is InChI=1S/C14H21NO4S/c16-13-10-20(17,18)11-14(13)19-8-4-7-15-9-12-5-2-1-3-6-12/h1-3,5-6,13-16H,4,7-11H2. The quantitative estimate of drug-likeness (QED) is 0.710. The molecule has 5 nitrogen and oxygen atoms in total. The molecule has 1 saturated heterocycles. The lowest BCUT2D eigenvalue weighted by molar-refractivity contribution is -0.00827. The van der Waals surface area contributed by atoms with Crippen molar-refractivity contribution < 1.29 is 18.3 Å². The van der Waals surface area contributed by atoms with E-state index in [1.165, 1.54) is 5.56 Å². The summed E-state index contributed by atoms with van der Waals surface area (Å²) in [5.74, 6) is -0.241. The fourth-order valence-corrected chi connectivity index (χ4v) is 3.91. The molecular formula is C14H21NO4S. The van der Waals surface area contributed by atoms with Gasteiger partial charge in [-0.25, -0.2) is 8.42 Å². The largest absolute Gasteiger partial charge is 0.389 e. The normalized spacial score (nSPS) is 24.9. The molecule has 1 heterocycles. The van der Waals surface area contributed by atoms with Crippen LogP contribution in [0.3, 0.4) is 0 Å². The SMILES string of the molecule is O=S1(=O)CC(O)C(OCCCNCc2ccccc2)C1. The molecule has 1 aromatic carbocycles. The lowest BCUT2D eigenvalue weighted by atomic mass is 10.2. The molecule has 2 unspecified atom stereocenters. The third kappa shape index (κ3) is 4.86. The highest BCUT2D eigenvalue weighted by molar-refractivity contribution is 7.91. The first-order chi connectivity index (χ1) is 9.57. The first-order valence-corrected chi connectivity index (χ1v) is 8.64. The van der Waals surface area contributed by atoms with E-state index in [0.717, 1.165) is 19.5 Å². The van der Waals surface area contributed by atoms with E-state index in [9.17, 15) is 13.5 Å². The Morgan fingerprint density at radius 2 is 2.00 bits per heavy atom. The van der Waals surface area contributed by atoms with Crippen molar-refractivity contribution in [2.75, 3.05) is 24.7 Å². The Morgan fingerprint density at radius 1 is 1.25 bits per heavy atom. The van der Waals surface area contributed by atoms with Gasteiger partial charge in [0.05, 0.1) is 23.7 Å². The van der Waals surface area contributed by atoms with Gasteiger partial charge in [0, 0.05) is 13.2 Å². The van der Waals surface area contributed by atoms with Crippen molar-refractivity contribution in [2.24, 2.45) is 0 Å². The van der Waals surface area contributed by atoms with Crippen LogP contribution in [-0.2, 0) is 21.1 Å². The Kier molecular flexibility index (Phi) is 5.54. The average Bonchev–Trinajstić information content (AvgIpc) is 2.68. The fourth-order valence-electron chi connectivity index (χ4n) is 2.22. The molecule has 2 rings (SSSR count). The van der Waals surface area contributed by atoms with Gasteiger partial charge in [-0.05, 0) is 18.5 Å². The Labute approximate surface area is 119 Å². The van der Waals surface area contributed by atoms with Crippen LogP contribution in [0.4, 0.5) is 0 Å². The number of benzene rings is 1. The van der Waals surface area contributed by atoms with Crippen LogP contribution in [0.15, 0.2) is 30.3 Å². The first-order valence-electron chi connectivity index (χ1n) is 6.81. The number of nitrogens with one attached hydrogen (secondary N) is 1. The number of aliphatic hydroxyl groups is 1. The van der Waals surface area contributed by atoms with E-state index in [4.69, 9.17) is 4.74 Å². The smallest absolute Gasteiger partial charge is 0.155 e. The molecule has 6 heteroatoms. The van der Waals surface area contributed by atoms with Gasteiger partial charge in [0.15, 0.2) is 9.84 Å². The highest BCUT2D eigenvalue weighted by atomic mass is 32.2. The van der Waals surface area contributed by atoms with Crippen LogP contribution in [0.5, 0.6) is 0 Å². The van der Waals surface area contributed by atoms with E-state index in [0.29, 0.717) is 6.61 Å². The zero-order valence-electron chi connectivity index (χ0n) is 11.4. The highest BCUT2D eigenvalue weighted by Gasteiger charge is 2.36. The van der Waals surface area contributed by atoms with Crippen LogP contribution >= 0.6 is 0 Å². The van der Waals surface area contributed by atoms with E-state index >= 15 is 0 Å². The molecule has 2 atom stereocenters. The molecule has 0 radical (unpaired) electrons. The summed E-state index contributed by atoms with van der Waals surface area (Å²) < 4.78 is 28.0. The second-order valence-corrected chi connectivity index (χ2v) is 7.22. The van der Waals surface area contributed by atoms with Gasteiger partial charge in [-0.15, -0.1) is 0 Å². The Morgan fingerprint density at radius 3 is 2.65 bits per heavy atom. The van der Waals surface area contributed by atoms with Crippen molar-refractivity contribution in [3.05, 3.63) is 35.9 Å². The molecule has 20 heavy (non-hydrogen) atoms. The van der Waals surface area contributed by atoms with Gasteiger partial charge >= 0.3 is 0 Å². The maximum atomic E-state index is 11.3. The second-order valence-electron chi connectivity index (χ2n) is 5.07. The highest BCUT2D eigenvalue weighted by Crippen LogP contribution is 2.15. The van der Waals surface area contributed by atoms with Gasteiger partial charge in [0.2, 0.25) is 0 Å². The molecule has 0 aromatic heterocycles. The third-order valence-electron chi connectivity index (χ3n) is 3.27. The van der Waals surface area contributed by atoms with Gasteiger partial charge in [0.25, 0.3) is 0 Å². The lowest BCUT2D eigenvalue weighted by Crippen LogP contribution is -2.28. The molecular weight excluding hydrogens is 278 g/mol. The second kappa shape index (κ2) is 7.17. The predicted octanol–water partition coefficient (Wildman–Crippen LogP) is 0.341. The fraction of sp³-hybridized carbons (Fsp3) is 0.571. The first kappa shape index (κ1) is 15.4. The molecule has 1 aromatic rings. The number of hydrogen-bond donors (Lipinski definition) is 2. The summed E-state index contributed by atoms with van der Waals surface area (Å²) in [4.78, 5) is 0. The molecule has 2 N–H and O–H groups in total. The summed E-state index contributed by atoms with van der Waals surface area (Å²) in [6.45, 7) is 2.06. The Bertz CT molecular complexity index is 503. The van der Waals surface area contributed by atoms with Crippen molar-refractivity contribution in [3.8, 4) is 0 Å². The van der Waals surface area contributed by atoms with Crippen LogP contribution in [0.25, 0.3) is 0 Å². The van der Waals surface area contributed by atoms with Gasteiger partial charge in [-0.3, -0.25) is 0 Å². The topological polar surface area (TPSA) is 75.6 Å². The van der Waals surface area contributed by atoms with E-state index in [-0.39, 0.29) is 11.5 Å². The minimum Gasteiger partial charge on any atom is -0.389 e. The van der Waals surface area contributed by atoms with E-state index in [2.05, 4.69) is 17.4 Å². The van der Waals surface area contributed by atoms with Crippen LogP contribution in [0.2, 0.25) is 0 Å². The summed E-state index contributed by atoms with van der Waals surface area (Å²) in [6, 6.07) is 10.1. The summed E-state index contributed by atoms with van der Waals surface area (Å²) in [5, 5.41) is 12.8. The zero-order valence-corrected chi connectivity index (χ0v) is 12.2. The summed E-state index contributed by atoms with van der Waals surface area (Å²) in [7, 11) is -3.12. The summed E-state index contributed by atoms with van der Waals surface area (Å²) in [6.07, 6.45) is -0.651. The van der Waals surface area contributed by atoms with E-state index < -0.39 is 22.0 Å². The Balaban J connectivity index is 1.56. The number of ether oxygens (including phenoxy) is 1. The molecule has 0 bridgehead atoms. The van der Waals surface area contributed by atoms with Gasteiger partial charge in [-0.2, -0.15) is 0 Å². The molecule has 1 aliphatic rings. The van der Waals surface area contributed by atoms with Crippen LogP contribution in [-0.4, -0.2) is 50.4 Å². The van der Waals surface area contributed by atoms with Crippen molar-refractivity contribution in [2.45, 2.75) is 25.2 Å². The van der Waals surface area contributed by atoms with Crippen LogP contribution < -0.4 is 5.32 Å². The van der Waals surface area contributed by atoms with Crippen LogP contribution in [0, 0.1) is 0 Å². The van der Waals surface area contributed by atoms with Crippen molar-refractivity contribution in [1.82, 2.24) is 5.32 Å². The maximum absolute atomic E-state index is 11.3. The maximum Gasteiger partial charge on any atom is 0.155 e. The Hall–Kier alpha value is -0.950. The average molecular weight is 299 g/mol. The molecule has 0 saturated carbocycles. The predicted molar refractivity (Wildman–Crippen MR) is 77.2 cm³/mol. The molecule has 1 fully saturated rings. The van der Waals surface area contributed by atoms with Crippen molar-refractivity contribution in [3.63, 3.8) is 0 Å². The van der Waals surface area contributed by atoms with Gasteiger partial charge in [0.1, 0.15) is 0 Å². The zero-order chi connectivity index (χ0) is 14.4. The minimum absolute atomic E-state index is 0.0639.